The zero-order valence-electron chi connectivity index (χ0n) is 14.3. The smallest absolute Gasteiger partial charge is 0.193 e. The summed E-state index contributed by atoms with van der Waals surface area (Å²) in [5.74, 6) is 0.910. The Bertz CT molecular complexity index is 614. The number of sulfone groups is 1. The molecule has 0 radical (unpaired) electrons. The Kier molecular flexibility index (Phi) is 8.99. The lowest BCUT2D eigenvalue weighted by Gasteiger charge is -2.36. The molecule has 2 rings (SSSR count). The molecule has 136 valence electrons. The van der Waals surface area contributed by atoms with Crippen molar-refractivity contribution in [1.29, 1.82) is 0 Å². The van der Waals surface area contributed by atoms with E-state index in [0.29, 0.717) is 6.54 Å². The van der Waals surface area contributed by atoms with Crippen LogP contribution in [0.5, 0.6) is 0 Å². The zero-order valence-corrected chi connectivity index (χ0v) is 17.5. The second-order valence-electron chi connectivity index (χ2n) is 5.85. The van der Waals surface area contributed by atoms with Crippen LogP contribution in [0.2, 0.25) is 0 Å². The third kappa shape index (κ3) is 7.35. The topological polar surface area (TPSA) is 65.0 Å². The van der Waals surface area contributed by atoms with Gasteiger partial charge in [0, 0.05) is 52.6 Å². The van der Waals surface area contributed by atoms with Crippen molar-refractivity contribution in [2.75, 3.05) is 51.8 Å². The Hall–Kier alpha value is -0.870. The molecule has 0 bridgehead atoms. The first kappa shape index (κ1) is 21.2. The molecule has 0 aromatic heterocycles. The lowest BCUT2D eigenvalue weighted by Crippen LogP contribution is -2.52. The fraction of sp³-hybridized carbons (Fsp3) is 0.562. The van der Waals surface area contributed by atoms with Gasteiger partial charge in [-0.05, 0) is 5.56 Å². The van der Waals surface area contributed by atoms with Gasteiger partial charge in [0.25, 0.3) is 0 Å². The minimum absolute atomic E-state index is 0. The van der Waals surface area contributed by atoms with Crippen LogP contribution in [0.3, 0.4) is 0 Å². The van der Waals surface area contributed by atoms with Crippen molar-refractivity contribution in [1.82, 2.24) is 15.1 Å². The lowest BCUT2D eigenvalue weighted by atomic mass is 10.2. The predicted octanol–water partition coefficient (Wildman–Crippen LogP) is 1.04. The van der Waals surface area contributed by atoms with E-state index in [2.05, 4.69) is 44.4 Å². The van der Waals surface area contributed by atoms with E-state index >= 15 is 0 Å². The van der Waals surface area contributed by atoms with Gasteiger partial charge >= 0.3 is 0 Å². The number of hydrogen-bond acceptors (Lipinski definition) is 4. The summed E-state index contributed by atoms with van der Waals surface area (Å²) in [6.45, 7) is 5.10. The number of halogens is 1. The molecule has 1 aromatic carbocycles. The Balaban J connectivity index is 0.00000288. The summed E-state index contributed by atoms with van der Waals surface area (Å²) in [6.07, 6.45) is 1.25. The fourth-order valence-electron chi connectivity index (χ4n) is 2.64. The van der Waals surface area contributed by atoms with Crippen LogP contribution in [-0.2, 0) is 16.4 Å². The molecule has 0 spiro atoms. The summed E-state index contributed by atoms with van der Waals surface area (Å²) in [4.78, 5) is 8.87. The molecule has 0 atom stereocenters. The summed E-state index contributed by atoms with van der Waals surface area (Å²) in [5, 5.41) is 3.14. The Morgan fingerprint density at radius 1 is 1.17 bits per heavy atom. The molecule has 0 unspecified atom stereocenters. The Labute approximate surface area is 162 Å². The quantitative estimate of drug-likeness (QED) is 0.399. The normalized spacial score (nSPS) is 16.6. The average Bonchev–Trinajstić information content (AvgIpc) is 2.53. The van der Waals surface area contributed by atoms with E-state index in [-0.39, 0.29) is 29.7 Å². The molecule has 0 saturated carbocycles. The third-order valence-electron chi connectivity index (χ3n) is 3.89. The van der Waals surface area contributed by atoms with Gasteiger partial charge in [0.05, 0.1) is 5.75 Å². The van der Waals surface area contributed by atoms with Crippen LogP contribution in [-0.4, -0.2) is 76.0 Å². The van der Waals surface area contributed by atoms with Crippen molar-refractivity contribution in [3.8, 4) is 0 Å². The zero-order chi connectivity index (χ0) is 16.7. The van der Waals surface area contributed by atoms with Crippen LogP contribution in [0.1, 0.15) is 5.56 Å². The minimum Gasteiger partial charge on any atom is -0.355 e. The highest BCUT2D eigenvalue weighted by atomic mass is 127. The van der Waals surface area contributed by atoms with E-state index in [9.17, 15) is 8.42 Å². The van der Waals surface area contributed by atoms with E-state index in [4.69, 9.17) is 0 Å². The van der Waals surface area contributed by atoms with Crippen LogP contribution in [0.25, 0.3) is 0 Å². The van der Waals surface area contributed by atoms with E-state index in [0.717, 1.165) is 38.7 Å². The molecule has 1 aromatic rings. The highest BCUT2D eigenvalue weighted by Crippen LogP contribution is 2.08. The molecular formula is C16H27IN4O2S. The SMILES string of the molecule is CN=C(NCCS(C)(=O)=O)N1CCN(Cc2ccccc2)CC1.I. The molecule has 1 heterocycles. The molecule has 1 saturated heterocycles. The van der Waals surface area contributed by atoms with Gasteiger partial charge < -0.3 is 10.2 Å². The number of rotatable bonds is 5. The largest absolute Gasteiger partial charge is 0.355 e. The second kappa shape index (κ2) is 10.2. The number of guanidine groups is 1. The maximum atomic E-state index is 11.2. The highest BCUT2D eigenvalue weighted by molar-refractivity contribution is 14.0. The van der Waals surface area contributed by atoms with Crippen molar-refractivity contribution in [2.45, 2.75) is 6.54 Å². The van der Waals surface area contributed by atoms with Crippen molar-refractivity contribution in [2.24, 2.45) is 4.99 Å². The van der Waals surface area contributed by atoms with Crippen molar-refractivity contribution < 1.29 is 8.42 Å². The number of nitrogens with one attached hydrogen (secondary N) is 1. The van der Waals surface area contributed by atoms with E-state index in [1.165, 1.54) is 11.8 Å². The minimum atomic E-state index is -2.95. The molecule has 24 heavy (non-hydrogen) atoms. The molecule has 1 aliphatic heterocycles. The van der Waals surface area contributed by atoms with Crippen molar-refractivity contribution in [3.63, 3.8) is 0 Å². The molecule has 0 amide bonds. The summed E-state index contributed by atoms with van der Waals surface area (Å²) < 4.78 is 22.4. The van der Waals surface area contributed by atoms with Gasteiger partial charge in [0.2, 0.25) is 0 Å². The molecule has 1 N–H and O–H groups in total. The van der Waals surface area contributed by atoms with Crippen molar-refractivity contribution >= 4 is 39.8 Å². The van der Waals surface area contributed by atoms with E-state index in [1.54, 1.807) is 7.05 Å². The van der Waals surface area contributed by atoms with Crippen LogP contribution >= 0.6 is 24.0 Å². The highest BCUT2D eigenvalue weighted by Gasteiger charge is 2.19. The number of benzene rings is 1. The molecule has 8 heteroatoms. The number of piperazine rings is 1. The second-order valence-corrected chi connectivity index (χ2v) is 8.11. The summed E-state index contributed by atoms with van der Waals surface area (Å²) >= 11 is 0. The predicted molar refractivity (Wildman–Crippen MR) is 110 cm³/mol. The summed E-state index contributed by atoms with van der Waals surface area (Å²) in [7, 11) is -1.21. The first-order chi connectivity index (χ1) is 11.0. The summed E-state index contributed by atoms with van der Waals surface area (Å²) in [6, 6.07) is 10.5. The average molecular weight is 466 g/mol. The van der Waals surface area contributed by atoms with Gasteiger partial charge in [-0.2, -0.15) is 0 Å². The Morgan fingerprint density at radius 3 is 2.33 bits per heavy atom. The third-order valence-corrected chi connectivity index (χ3v) is 4.83. The number of aliphatic imine (C=N–C) groups is 1. The van der Waals surface area contributed by atoms with Crippen LogP contribution in [0, 0.1) is 0 Å². The molecular weight excluding hydrogens is 439 g/mol. The molecule has 0 aliphatic carbocycles. The first-order valence-electron chi connectivity index (χ1n) is 7.87. The van der Waals surface area contributed by atoms with Gasteiger partial charge in [0.1, 0.15) is 9.84 Å². The van der Waals surface area contributed by atoms with Crippen molar-refractivity contribution in [3.05, 3.63) is 35.9 Å². The van der Waals surface area contributed by atoms with Gasteiger partial charge in [-0.25, -0.2) is 8.42 Å². The first-order valence-corrected chi connectivity index (χ1v) is 9.93. The van der Waals surface area contributed by atoms with Gasteiger partial charge in [0.15, 0.2) is 5.96 Å². The number of hydrogen-bond donors (Lipinski definition) is 1. The Morgan fingerprint density at radius 2 is 1.79 bits per heavy atom. The lowest BCUT2D eigenvalue weighted by molar-refractivity contribution is 0.172. The number of nitrogens with zero attached hydrogens (tertiary/aromatic N) is 3. The standard InChI is InChI=1S/C16H26N4O2S.HI/c1-17-16(18-8-13-23(2,21)22)20-11-9-19(10-12-20)14-15-6-4-3-5-7-15;/h3-7H,8-14H2,1-2H3,(H,17,18);1H. The molecule has 6 nitrogen and oxygen atoms in total. The maximum Gasteiger partial charge on any atom is 0.193 e. The van der Waals surface area contributed by atoms with E-state index in [1.807, 2.05) is 6.07 Å². The van der Waals surface area contributed by atoms with Gasteiger partial charge in [-0.1, -0.05) is 30.3 Å². The maximum absolute atomic E-state index is 11.2. The van der Waals surface area contributed by atoms with Gasteiger partial charge in [-0.15, -0.1) is 24.0 Å². The van der Waals surface area contributed by atoms with Crippen LogP contribution < -0.4 is 5.32 Å². The summed E-state index contributed by atoms with van der Waals surface area (Å²) in [5.41, 5.74) is 1.33. The van der Waals surface area contributed by atoms with E-state index < -0.39 is 9.84 Å². The van der Waals surface area contributed by atoms with Crippen LogP contribution in [0.15, 0.2) is 35.3 Å². The van der Waals surface area contributed by atoms with Gasteiger partial charge in [-0.3, -0.25) is 9.89 Å². The molecule has 1 fully saturated rings. The monoisotopic (exact) mass is 466 g/mol. The van der Waals surface area contributed by atoms with Crippen LogP contribution in [0.4, 0.5) is 0 Å². The molecule has 1 aliphatic rings. The fourth-order valence-corrected chi connectivity index (χ4v) is 3.11.